The average Bonchev–Trinajstić information content (AvgIpc) is 2.33. The van der Waals surface area contributed by atoms with Crippen molar-refractivity contribution in [3.05, 3.63) is 0 Å². The zero-order valence-electron chi connectivity index (χ0n) is 10.3. The molecule has 0 heterocycles. The summed E-state index contributed by atoms with van der Waals surface area (Å²) in [5.41, 5.74) is 2.49. The molecule has 0 atom stereocenters. The van der Waals surface area contributed by atoms with Gasteiger partial charge in [0.15, 0.2) is 10.8 Å². The molecule has 0 saturated carbocycles. The van der Waals surface area contributed by atoms with Crippen LogP contribution in [0.3, 0.4) is 0 Å². The second-order valence-electron chi connectivity index (χ2n) is 2.95. The number of nitrogens with one attached hydrogen (secondary N) is 3. The quantitative estimate of drug-likeness (QED) is 0.408. The highest BCUT2D eigenvalue weighted by Crippen LogP contribution is 2.18. The van der Waals surface area contributed by atoms with Gasteiger partial charge in [-0.1, -0.05) is 0 Å². The molecule has 3 N–H and O–H groups in total. The smallest absolute Gasteiger partial charge is 0.436 e. The van der Waals surface area contributed by atoms with Crippen LogP contribution in [0.1, 0.15) is 6.92 Å². The summed E-state index contributed by atoms with van der Waals surface area (Å²) in [6, 6.07) is 0. The molecule has 0 saturated heterocycles. The Bertz CT molecular complexity index is 408. The molecule has 0 aromatic heterocycles. The van der Waals surface area contributed by atoms with Crippen LogP contribution < -0.4 is 16.2 Å². The number of hydrogen-bond donors (Lipinski definition) is 3. The predicted octanol–water partition coefficient (Wildman–Crippen LogP) is 0.895. The molecular formula is C8H12F3N5OS2. The van der Waals surface area contributed by atoms with Crippen LogP contribution in [-0.2, 0) is 4.74 Å². The first-order valence-corrected chi connectivity index (χ1v) is 5.55. The molecule has 6 nitrogen and oxygen atoms in total. The van der Waals surface area contributed by atoms with E-state index >= 15 is 0 Å². The molecule has 108 valence electrons. The average molecular weight is 315 g/mol. The van der Waals surface area contributed by atoms with Gasteiger partial charge in [0.1, 0.15) is 0 Å². The molecule has 0 bridgehead atoms. The first-order chi connectivity index (χ1) is 8.72. The van der Waals surface area contributed by atoms with Gasteiger partial charge in [0.05, 0.1) is 12.8 Å². The Morgan fingerprint density at radius 1 is 1.16 bits per heavy atom. The Kier molecular flexibility index (Phi) is 7.22. The summed E-state index contributed by atoms with van der Waals surface area (Å²) < 4.78 is 42.6. The van der Waals surface area contributed by atoms with E-state index in [2.05, 4.69) is 50.1 Å². The van der Waals surface area contributed by atoms with E-state index in [1.807, 2.05) is 5.43 Å². The van der Waals surface area contributed by atoms with Crippen LogP contribution in [0.4, 0.5) is 13.2 Å². The van der Waals surface area contributed by atoms with Gasteiger partial charge in [-0.2, -0.15) is 23.4 Å². The Labute approximate surface area is 118 Å². The van der Waals surface area contributed by atoms with Crippen molar-refractivity contribution >= 4 is 46.1 Å². The van der Waals surface area contributed by atoms with E-state index in [0.717, 1.165) is 6.92 Å². The van der Waals surface area contributed by atoms with Gasteiger partial charge in [-0.15, -0.1) is 0 Å². The van der Waals surface area contributed by atoms with Crippen molar-refractivity contribution in [3.63, 3.8) is 0 Å². The second kappa shape index (κ2) is 7.84. The molecule has 0 fully saturated rings. The Morgan fingerprint density at radius 3 is 2.16 bits per heavy atom. The minimum Gasteiger partial charge on any atom is -0.473 e. The van der Waals surface area contributed by atoms with E-state index in [-0.39, 0.29) is 10.3 Å². The molecule has 0 aromatic carbocycles. The number of hydrazone groups is 2. The lowest BCUT2D eigenvalue weighted by Gasteiger charge is -2.11. The van der Waals surface area contributed by atoms with Gasteiger partial charge in [-0.05, 0) is 31.4 Å². The first-order valence-electron chi connectivity index (χ1n) is 4.73. The fourth-order valence-electron chi connectivity index (χ4n) is 0.740. The minimum atomic E-state index is -4.70. The fraction of sp³-hybridized carbons (Fsp3) is 0.500. The maximum Gasteiger partial charge on any atom is 0.436 e. The Hall–Kier alpha value is -1.49. The Balaban J connectivity index is 5.05. The number of thiocarbonyl (C=S) groups is 2. The van der Waals surface area contributed by atoms with Crippen LogP contribution in [0, 0.1) is 0 Å². The number of halogens is 3. The van der Waals surface area contributed by atoms with Gasteiger partial charge < -0.3 is 10.1 Å². The van der Waals surface area contributed by atoms with Crippen molar-refractivity contribution in [2.45, 2.75) is 13.1 Å². The molecular weight excluding hydrogens is 303 g/mol. The van der Waals surface area contributed by atoms with E-state index in [1.165, 1.54) is 14.2 Å². The van der Waals surface area contributed by atoms with Gasteiger partial charge >= 0.3 is 6.18 Å². The lowest BCUT2D eigenvalue weighted by molar-refractivity contribution is -0.0570. The monoisotopic (exact) mass is 315 g/mol. The molecule has 0 spiro atoms. The highest BCUT2D eigenvalue weighted by molar-refractivity contribution is 7.80. The van der Waals surface area contributed by atoms with E-state index in [9.17, 15) is 13.2 Å². The predicted molar refractivity (Wildman–Crippen MR) is 74.1 cm³/mol. The lowest BCUT2D eigenvalue weighted by atomic mass is 10.2. The third-order valence-corrected chi connectivity index (χ3v) is 2.16. The van der Waals surface area contributed by atoms with E-state index in [1.54, 1.807) is 0 Å². The summed E-state index contributed by atoms with van der Waals surface area (Å²) in [5.74, 6) is 0. The summed E-state index contributed by atoms with van der Waals surface area (Å²) in [6.45, 7) is 1.12. The summed E-state index contributed by atoms with van der Waals surface area (Å²) in [6.07, 6.45) is -4.70. The molecule has 0 aliphatic carbocycles. The van der Waals surface area contributed by atoms with Crippen molar-refractivity contribution < 1.29 is 17.9 Å². The van der Waals surface area contributed by atoms with E-state index in [4.69, 9.17) is 0 Å². The number of alkyl halides is 3. The molecule has 0 aromatic rings. The summed E-state index contributed by atoms with van der Waals surface area (Å²) in [5, 5.41) is 8.83. The van der Waals surface area contributed by atoms with Gasteiger partial charge in [-0.25, -0.2) is 5.43 Å². The topological polar surface area (TPSA) is 70.0 Å². The van der Waals surface area contributed by atoms with Crippen LogP contribution >= 0.6 is 24.4 Å². The third kappa shape index (κ3) is 6.86. The minimum absolute atomic E-state index is 0.0706. The summed E-state index contributed by atoms with van der Waals surface area (Å²) in [7, 11) is 2.70. The van der Waals surface area contributed by atoms with Crippen molar-refractivity contribution in [2.75, 3.05) is 14.2 Å². The molecule has 0 aliphatic rings. The molecule has 0 amide bonds. The Morgan fingerprint density at radius 2 is 1.74 bits per heavy atom. The van der Waals surface area contributed by atoms with Crippen LogP contribution in [0.25, 0.3) is 0 Å². The summed E-state index contributed by atoms with van der Waals surface area (Å²) >= 11 is 9.19. The maximum absolute atomic E-state index is 12.7. The van der Waals surface area contributed by atoms with Crippen LogP contribution in [0.15, 0.2) is 10.2 Å². The molecule has 11 heteroatoms. The van der Waals surface area contributed by atoms with Crippen LogP contribution in [0.2, 0.25) is 0 Å². The lowest BCUT2D eigenvalue weighted by Crippen LogP contribution is -2.36. The standard InChI is InChI=1S/C8H12F3N5OS2/c1-4(13-15-6(18)12-2)5(8(9,10)11)14-16-7(19)17-3/h1-3H3,(H,16,19)(H2,12,15,18)/b13-4+,14-5-. The third-order valence-electron chi connectivity index (χ3n) is 1.61. The van der Waals surface area contributed by atoms with Crippen molar-refractivity contribution in [3.8, 4) is 0 Å². The number of hydrogen-bond acceptors (Lipinski definition) is 5. The largest absolute Gasteiger partial charge is 0.473 e. The summed E-state index contributed by atoms with van der Waals surface area (Å²) in [4.78, 5) is 0. The maximum atomic E-state index is 12.7. The SMILES string of the molecule is CNC(=S)N/N=C(C)/C(=N/NC(=S)OC)C(F)(F)F. The van der Waals surface area contributed by atoms with Crippen LogP contribution in [-0.4, -0.2) is 42.0 Å². The van der Waals surface area contributed by atoms with E-state index < -0.39 is 17.6 Å². The van der Waals surface area contributed by atoms with Gasteiger partial charge in [0.25, 0.3) is 5.17 Å². The first kappa shape index (κ1) is 17.5. The molecule has 0 aliphatic heterocycles. The van der Waals surface area contributed by atoms with Gasteiger partial charge in [-0.3, -0.25) is 5.43 Å². The van der Waals surface area contributed by atoms with Crippen molar-refractivity contribution in [2.24, 2.45) is 10.2 Å². The number of nitrogens with zero attached hydrogens (tertiary/aromatic N) is 2. The highest BCUT2D eigenvalue weighted by atomic mass is 32.1. The van der Waals surface area contributed by atoms with Gasteiger partial charge in [0.2, 0.25) is 0 Å². The second-order valence-corrected chi connectivity index (χ2v) is 3.73. The molecule has 19 heavy (non-hydrogen) atoms. The van der Waals surface area contributed by atoms with Crippen molar-refractivity contribution in [1.82, 2.24) is 16.2 Å². The fourth-order valence-corrected chi connectivity index (χ4v) is 0.831. The zero-order valence-corrected chi connectivity index (χ0v) is 11.9. The van der Waals surface area contributed by atoms with Crippen LogP contribution in [0.5, 0.6) is 0 Å². The van der Waals surface area contributed by atoms with E-state index in [0.29, 0.717) is 0 Å². The molecule has 0 radical (unpaired) electrons. The number of methoxy groups -OCH3 is 1. The number of ether oxygens (including phenoxy) is 1. The highest BCUT2D eigenvalue weighted by Gasteiger charge is 2.38. The normalized spacial score (nSPS) is 12.7. The zero-order chi connectivity index (χ0) is 15.1. The van der Waals surface area contributed by atoms with Crippen molar-refractivity contribution in [1.29, 1.82) is 0 Å². The number of rotatable bonds is 3. The molecule has 0 unspecified atom stereocenters. The molecule has 0 rings (SSSR count). The van der Waals surface area contributed by atoms with Gasteiger partial charge in [0, 0.05) is 7.05 Å².